The molecule has 1 saturated carbocycles. The molecule has 0 aliphatic heterocycles. The van der Waals surface area contributed by atoms with Gasteiger partial charge in [-0.2, -0.15) is 0 Å². The van der Waals surface area contributed by atoms with E-state index in [9.17, 15) is 0 Å². The van der Waals surface area contributed by atoms with Crippen LogP contribution in [0.2, 0.25) is 0 Å². The van der Waals surface area contributed by atoms with Crippen molar-refractivity contribution in [1.82, 2.24) is 0 Å². The molecule has 0 radical (unpaired) electrons. The SMILES string of the molecule is N[C@H]1CCCC[C@@]1(N)[Pt]([Cl])[Cl]. The van der Waals surface area contributed by atoms with Gasteiger partial charge in [-0.3, -0.25) is 0 Å². The van der Waals surface area contributed by atoms with Crippen LogP contribution in [0.4, 0.5) is 0 Å². The maximum atomic E-state index is 6.03. The molecule has 1 aliphatic carbocycles. The normalized spacial score (nSPS) is 40.4. The Morgan fingerprint density at radius 1 is 1.36 bits per heavy atom. The minimum absolute atomic E-state index is 0.0248. The molecule has 71 valence electrons. The van der Waals surface area contributed by atoms with E-state index >= 15 is 0 Å². The zero-order valence-corrected chi connectivity index (χ0v) is 9.92. The van der Waals surface area contributed by atoms with Gasteiger partial charge in [-0.1, -0.05) is 0 Å². The number of nitrogens with two attached hydrogens (primary N) is 2. The molecule has 1 rings (SSSR count). The molecule has 11 heavy (non-hydrogen) atoms. The molecule has 0 bridgehead atoms. The van der Waals surface area contributed by atoms with Crippen LogP contribution in [0.5, 0.6) is 0 Å². The average Bonchev–Trinajstić information content (AvgIpc) is 1.95. The third-order valence-electron chi connectivity index (χ3n) is 2.13. The van der Waals surface area contributed by atoms with Crippen molar-refractivity contribution in [1.29, 1.82) is 0 Å². The molecule has 0 spiro atoms. The van der Waals surface area contributed by atoms with Gasteiger partial charge in [-0.15, -0.1) is 0 Å². The molecule has 0 saturated heterocycles. The van der Waals surface area contributed by atoms with E-state index in [1.807, 2.05) is 0 Å². The molecule has 0 aromatic rings. The van der Waals surface area contributed by atoms with Crippen LogP contribution < -0.4 is 11.5 Å². The second-order valence-electron chi connectivity index (χ2n) is 2.89. The molecule has 0 aromatic carbocycles. The van der Waals surface area contributed by atoms with Crippen molar-refractivity contribution >= 4 is 18.8 Å². The van der Waals surface area contributed by atoms with Crippen LogP contribution in [0.3, 0.4) is 0 Å². The summed E-state index contributed by atoms with van der Waals surface area (Å²) in [5.41, 5.74) is 11.9. The molecule has 1 aliphatic rings. The van der Waals surface area contributed by atoms with Gasteiger partial charge in [0.2, 0.25) is 0 Å². The summed E-state index contributed by atoms with van der Waals surface area (Å²) in [6.45, 7) is 0. The Morgan fingerprint density at radius 3 is 2.36 bits per heavy atom. The van der Waals surface area contributed by atoms with Crippen LogP contribution in [0.25, 0.3) is 0 Å². The maximum absolute atomic E-state index is 6.03. The zero-order valence-electron chi connectivity index (χ0n) is 6.13. The first-order valence-corrected chi connectivity index (χ1v) is 10.3. The van der Waals surface area contributed by atoms with E-state index < -0.39 is 19.2 Å². The first kappa shape index (κ1) is 10.3. The van der Waals surface area contributed by atoms with E-state index in [4.69, 9.17) is 30.3 Å². The van der Waals surface area contributed by atoms with E-state index in [1.165, 1.54) is 0 Å². The van der Waals surface area contributed by atoms with Crippen molar-refractivity contribution in [2.75, 3.05) is 0 Å². The predicted molar refractivity (Wildman–Crippen MR) is 45.1 cm³/mol. The van der Waals surface area contributed by atoms with Gasteiger partial charge in [0.15, 0.2) is 0 Å². The summed E-state index contributed by atoms with van der Waals surface area (Å²) in [6, 6.07) is 0.0248. The Hall–Kier alpha value is 1.19. The molecule has 0 heterocycles. The van der Waals surface area contributed by atoms with Crippen molar-refractivity contribution in [3.05, 3.63) is 0 Å². The van der Waals surface area contributed by atoms with Gasteiger partial charge in [0, 0.05) is 0 Å². The molecule has 2 atom stereocenters. The van der Waals surface area contributed by atoms with Crippen LogP contribution in [0.15, 0.2) is 0 Å². The number of halogens is 2. The van der Waals surface area contributed by atoms with Crippen molar-refractivity contribution in [2.24, 2.45) is 11.5 Å². The molecule has 1 fully saturated rings. The Balaban J connectivity index is 2.64. The second-order valence-corrected chi connectivity index (χ2v) is 11.1. The fourth-order valence-corrected chi connectivity index (χ4v) is 5.54. The van der Waals surface area contributed by atoms with Gasteiger partial charge in [0.05, 0.1) is 0 Å². The summed E-state index contributed by atoms with van der Waals surface area (Å²) >= 11 is -2.00. The Labute approximate surface area is 81.0 Å². The second kappa shape index (κ2) is 3.93. The van der Waals surface area contributed by atoms with Crippen LogP contribution in [0.1, 0.15) is 25.7 Å². The van der Waals surface area contributed by atoms with Crippen molar-refractivity contribution in [2.45, 2.75) is 35.7 Å². The monoisotopic (exact) mass is 378 g/mol. The van der Waals surface area contributed by atoms with Gasteiger partial charge >= 0.3 is 81.2 Å². The molecule has 0 amide bonds. The first-order valence-electron chi connectivity index (χ1n) is 3.57. The molecule has 0 unspecified atom stereocenters. The van der Waals surface area contributed by atoms with Gasteiger partial charge in [0.1, 0.15) is 0 Å². The zero-order chi connectivity index (χ0) is 8.48. The van der Waals surface area contributed by atoms with E-state index in [0.29, 0.717) is 0 Å². The van der Waals surface area contributed by atoms with Crippen LogP contribution in [-0.2, 0) is 15.2 Å². The summed E-state index contributed by atoms with van der Waals surface area (Å²) in [7, 11) is 11.8. The third kappa shape index (κ3) is 2.10. The van der Waals surface area contributed by atoms with E-state index in [2.05, 4.69) is 0 Å². The average molecular weight is 379 g/mol. The van der Waals surface area contributed by atoms with Crippen LogP contribution in [-0.4, -0.2) is 9.97 Å². The topological polar surface area (TPSA) is 52.0 Å². The van der Waals surface area contributed by atoms with E-state index in [1.54, 1.807) is 0 Å². The predicted octanol–water partition coefficient (Wildman–Crippen LogP) is 1.47. The Bertz CT molecular complexity index is 145. The molecule has 5 heteroatoms. The number of rotatable bonds is 1. The van der Waals surface area contributed by atoms with Crippen molar-refractivity contribution in [3.63, 3.8) is 0 Å². The molecular formula is C6H13Cl2N2Pt. The summed E-state index contributed by atoms with van der Waals surface area (Å²) in [6.07, 6.45) is 4.17. The van der Waals surface area contributed by atoms with Crippen molar-refractivity contribution in [3.8, 4) is 0 Å². The van der Waals surface area contributed by atoms with Gasteiger partial charge in [-0.25, -0.2) is 0 Å². The van der Waals surface area contributed by atoms with Gasteiger partial charge in [0.25, 0.3) is 0 Å². The van der Waals surface area contributed by atoms with Crippen LogP contribution >= 0.6 is 18.8 Å². The Kier molecular flexibility index (Phi) is 3.67. The number of hydrogen-bond acceptors (Lipinski definition) is 2. The van der Waals surface area contributed by atoms with E-state index in [0.717, 1.165) is 25.7 Å². The van der Waals surface area contributed by atoms with Gasteiger partial charge < -0.3 is 0 Å². The first-order chi connectivity index (χ1) is 5.07. The van der Waals surface area contributed by atoms with Gasteiger partial charge in [-0.05, 0) is 0 Å². The minimum atomic E-state index is -2.00. The molecular weight excluding hydrogens is 366 g/mol. The molecule has 0 aromatic heterocycles. The summed E-state index contributed by atoms with van der Waals surface area (Å²) in [5.74, 6) is 0. The van der Waals surface area contributed by atoms with Crippen molar-refractivity contribution < 1.29 is 15.2 Å². The fourth-order valence-electron chi connectivity index (χ4n) is 1.31. The fraction of sp³-hybridized carbons (Fsp3) is 1.00. The summed E-state index contributed by atoms with van der Waals surface area (Å²) < 4.78 is -0.397. The standard InChI is InChI=1S/C6H13N2.2ClH.Pt/c7-5-3-1-2-4-6(5)8;;;/h5H,1-4,7-8H2;2*1H;/q;;;+2/p-2/t5-;;;/m0.../s1. The summed E-state index contributed by atoms with van der Waals surface area (Å²) in [5, 5.41) is 0. The van der Waals surface area contributed by atoms with Crippen LogP contribution in [0, 0.1) is 0 Å². The third-order valence-corrected chi connectivity index (χ3v) is 8.78. The van der Waals surface area contributed by atoms with E-state index in [-0.39, 0.29) is 6.04 Å². The molecule has 4 N–H and O–H groups in total. The quantitative estimate of drug-likeness (QED) is 0.725. The molecule has 2 nitrogen and oxygen atoms in total. The number of hydrogen-bond donors (Lipinski definition) is 2. The summed E-state index contributed by atoms with van der Waals surface area (Å²) in [4.78, 5) is 0. The Morgan fingerprint density at radius 2 is 2.00 bits per heavy atom.